The number of para-hydroxylation sites is 1. The molecule has 1 aliphatic heterocycles. The topological polar surface area (TPSA) is 61.4 Å². The molecule has 0 saturated carbocycles. The van der Waals surface area contributed by atoms with Gasteiger partial charge in [-0.15, -0.1) is 0 Å². The largest absolute Gasteiger partial charge is 0.339 e. The predicted octanol–water partition coefficient (Wildman–Crippen LogP) is 4.48. The highest BCUT2D eigenvalue weighted by Crippen LogP contribution is 2.20. The Morgan fingerprint density at radius 2 is 1.57 bits per heavy atom. The molecule has 1 fully saturated rings. The molecule has 5 nitrogen and oxygen atoms in total. The molecule has 0 aromatic heterocycles. The number of likely N-dealkylation sites (tertiary alicyclic amines) is 1. The van der Waals surface area contributed by atoms with Crippen LogP contribution in [0.2, 0.25) is 5.02 Å². The van der Waals surface area contributed by atoms with Crippen LogP contribution in [-0.4, -0.2) is 34.9 Å². The second-order valence-corrected chi connectivity index (χ2v) is 7.51. The van der Waals surface area contributed by atoms with E-state index >= 15 is 0 Å². The second-order valence-electron chi connectivity index (χ2n) is 6.67. The molecule has 2 amide bonds. The summed E-state index contributed by atoms with van der Waals surface area (Å²) >= 11 is 11.1. The molecule has 2 N–H and O–H groups in total. The van der Waals surface area contributed by atoms with Crippen LogP contribution in [0.4, 0.5) is 5.69 Å². The van der Waals surface area contributed by atoms with Crippen LogP contribution in [0.5, 0.6) is 0 Å². The summed E-state index contributed by atoms with van der Waals surface area (Å²) in [5.74, 6) is -0.359. The SMILES string of the molecule is O=C(NC(=S)Nc1ccccc1C(=O)N1CCCCCC1)c1ccc(Cl)cc1. The number of rotatable bonds is 3. The first-order valence-electron chi connectivity index (χ1n) is 9.31. The minimum absolute atomic E-state index is 0.0168. The first kappa shape index (κ1) is 20.3. The van der Waals surface area contributed by atoms with Crippen molar-refractivity contribution < 1.29 is 9.59 Å². The van der Waals surface area contributed by atoms with Gasteiger partial charge in [-0.2, -0.15) is 0 Å². The second kappa shape index (κ2) is 9.66. The Morgan fingerprint density at radius 3 is 2.25 bits per heavy atom. The van der Waals surface area contributed by atoms with Crippen LogP contribution in [0.15, 0.2) is 48.5 Å². The third kappa shape index (κ3) is 5.30. The number of carbonyl (C=O) groups excluding carboxylic acids is 2. The van der Waals surface area contributed by atoms with Crippen molar-refractivity contribution in [3.05, 3.63) is 64.7 Å². The summed E-state index contributed by atoms with van der Waals surface area (Å²) in [5.41, 5.74) is 1.58. The molecule has 1 aliphatic rings. The van der Waals surface area contributed by atoms with Crippen LogP contribution < -0.4 is 10.6 Å². The van der Waals surface area contributed by atoms with Gasteiger partial charge in [0.15, 0.2) is 5.11 Å². The maximum absolute atomic E-state index is 13.0. The molecule has 146 valence electrons. The number of carbonyl (C=O) groups is 2. The van der Waals surface area contributed by atoms with Crippen LogP contribution in [0.3, 0.4) is 0 Å². The average Bonchev–Trinajstić information content (AvgIpc) is 2.98. The van der Waals surface area contributed by atoms with Crippen molar-refractivity contribution >= 4 is 46.4 Å². The van der Waals surface area contributed by atoms with Gasteiger partial charge in [-0.05, 0) is 61.5 Å². The van der Waals surface area contributed by atoms with E-state index in [1.807, 2.05) is 17.0 Å². The Morgan fingerprint density at radius 1 is 0.929 bits per heavy atom. The van der Waals surface area contributed by atoms with E-state index in [1.165, 1.54) is 0 Å². The van der Waals surface area contributed by atoms with E-state index in [-0.39, 0.29) is 16.9 Å². The summed E-state index contributed by atoms with van der Waals surface area (Å²) in [5, 5.41) is 6.31. The maximum Gasteiger partial charge on any atom is 0.257 e. The molecular formula is C21H22ClN3O2S. The molecule has 0 radical (unpaired) electrons. The highest BCUT2D eigenvalue weighted by Gasteiger charge is 2.20. The third-order valence-electron chi connectivity index (χ3n) is 4.63. The van der Waals surface area contributed by atoms with Gasteiger partial charge in [0.1, 0.15) is 0 Å². The number of benzene rings is 2. The zero-order valence-corrected chi connectivity index (χ0v) is 17.0. The molecule has 28 heavy (non-hydrogen) atoms. The Kier molecular flexibility index (Phi) is 7.01. The van der Waals surface area contributed by atoms with E-state index in [1.54, 1.807) is 36.4 Å². The molecule has 2 aromatic carbocycles. The van der Waals surface area contributed by atoms with E-state index in [0.29, 0.717) is 21.8 Å². The van der Waals surface area contributed by atoms with Crippen LogP contribution in [0.1, 0.15) is 46.4 Å². The molecule has 3 rings (SSSR count). The van der Waals surface area contributed by atoms with Crippen molar-refractivity contribution in [2.24, 2.45) is 0 Å². The summed E-state index contributed by atoms with van der Waals surface area (Å²) < 4.78 is 0. The summed E-state index contributed by atoms with van der Waals surface area (Å²) in [6, 6.07) is 13.7. The molecule has 0 spiro atoms. The van der Waals surface area contributed by atoms with Crippen molar-refractivity contribution in [1.82, 2.24) is 10.2 Å². The summed E-state index contributed by atoms with van der Waals surface area (Å²) in [7, 11) is 0. The number of halogens is 1. The Hall–Kier alpha value is -2.44. The highest BCUT2D eigenvalue weighted by atomic mass is 35.5. The molecule has 2 aromatic rings. The van der Waals surface area contributed by atoms with Crippen LogP contribution in [-0.2, 0) is 0 Å². The van der Waals surface area contributed by atoms with Gasteiger partial charge in [0.05, 0.1) is 11.3 Å². The fraction of sp³-hybridized carbons (Fsp3) is 0.286. The Balaban J connectivity index is 1.68. The number of anilines is 1. The van der Waals surface area contributed by atoms with Gasteiger partial charge in [0.2, 0.25) is 0 Å². The number of hydrogen-bond acceptors (Lipinski definition) is 3. The lowest BCUT2D eigenvalue weighted by Gasteiger charge is -2.22. The van der Waals surface area contributed by atoms with Gasteiger partial charge in [0.25, 0.3) is 11.8 Å². The molecule has 1 saturated heterocycles. The van der Waals surface area contributed by atoms with Crippen molar-refractivity contribution in [1.29, 1.82) is 0 Å². The number of thiocarbonyl (C=S) groups is 1. The molecule has 0 unspecified atom stereocenters. The van der Waals surface area contributed by atoms with Gasteiger partial charge in [0, 0.05) is 23.7 Å². The first-order chi connectivity index (χ1) is 13.5. The maximum atomic E-state index is 13.0. The van der Waals surface area contributed by atoms with E-state index in [2.05, 4.69) is 10.6 Å². The van der Waals surface area contributed by atoms with E-state index in [4.69, 9.17) is 23.8 Å². The van der Waals surface area contributed by atoms with Crippen LogP contribution >= 0.6 is 23.8 Å². The molecule has 0 aliphatic carbocycles. The first-order valence-corrected chi connectivity index (χ1v) is 10.1. The quantitative estimate of drug-likeness (QED) is 0.725. The fourth-order valence-corrected chi connectivity index (χ4v) is 3.48. The minimum Gasteiger partial charge on any atom is -0.339 e. The van der Waals surface area contributed by atoms with Crippen molar-refractivity contribution in [2.45, 2.75) is 25.7 Å². The Bertz CT molecular complexity index is 862. The zero-order valence-electron chi connectivity index (χ0n) is 15.4. The molecule has 7 heteroatoms. The monoisotopic (exact) mass is 415 g/mol. The van der Waals surface area contributed by atoms with Crippen molar-refractivity contribution in [3.63, 3.8) is 0 Å². The number of nitrogens with zero attached hydrogens (tertiary/aromatic N) is 1. The lowest BCUT2D eigenvalue weighted by atomic mass is 10.1. The fourth-order valence-electron chi connectivity index (χ4n) is 3.15. The van der Waals surface area contributed by atoms with Crippen molar-refractivity contribution in [3.8, 4) is 0 Å². The van der Waals surface area contributed by atoms with E-state index < -0.39 is 0 Å². The Labute approximate surface area is 175 Å². The van der Waals surface area contributed by atoms with Gasteiger partial charge < -0.3 is 10.2 Å². The zero-order chi connectivity index (χ0) is 19.9. The molecule has 0 bridgehead atoms. The van der Waals surface area contributed by atoms with Gasteiger partial charge >= 0.3 is 0 Å². The van der Waals surface area contributed by atoms with E-state index in [0.717, 1.165) is 38.8 Å². The highest BCUT2D eigenvalue weighted by molar-refractivity contribution is 7.80. The third-order valence-corrected chi connectivity index (χ3v) is 5.09. The van der Waals surface area contributed by atoms with Crippen LogP contribution in [0, 0.1) is 0 Å². The average molecular weight is 416 g/mol. The lowest BCUT2D eigenvalue weighted by Crippen LogP contribution is -2.36. The van der Waals surface area contributed by atoms with E-state index in [9.17, 15) is 9.59 Å². The summed E-state index contributed by atoms with van der Waals surface area (Å²) in [4.78, 5) is 27.2. The lowest BCUT2D eigenvalue weighted by molar-refractivity contribution is 0.0762. The molecule has 0 atom stereocenters. The number of nitrogens with one attached hydrogen (secondary N) is 2. The predicted molar refractivity (Wildman–Crippen MR) is 116 cm³/mol. The number of amides is 2. The minimum atomic E-state index is -0.342. The molecular weight excluding hydrogens is 394 g/mol. The standard InChI is InChI=1S/C21H22ClN3O2S/c22-16-11-9-15(10-12-16)19(26)24-21(28)23-18-8-4-3-7-17(18)20(27)25-13-5-1-2-6-14-25/h3-4,7-12H,1-2,5-6,13-14H2,(H2,23,24,26,28). The smallest absolute Gasteiger partial charge is 0.257 e. The summed E-state index contributed by atoms with van der Waals surface area (Å²) in [6.07, 6.45) is 4.36. The van der Waals surface area contributed by atoms with Gasteiger partial charge in [-0.1, -0.05) is 36.6 Å². The van der Waals surface area contributed by atoms with Gasteiger partial charge in [-0.25, -0.2) is 0 Å². The summed E-state index contributed by atoms with van der Waals surface area (Å²) in [6.45, 7) is 1.54. The van der Waals surface area contributed by atoms with Crippen molar-refractivity contribution in [2.75, 3.05) is 18.4 Å². The molecule has 1 heterocycles. The normalized spacial score (nSPS) is 14.1. The van der Waals surface area contributed by atoms with Gasteiger partial charge in [-0.3, -0.25) is 14.9 Å². The van der Waals surface area contributed by atoms with Crippen LogP contribution in [0.25, 0.3) is 0 Å². The number of hydrogen-bond donors (Lipinski definition) is 2.